The molecule has 0 aliphatic carbocycles. The van der Waals surface area contributed by atoms with Gasteiger partial charge in [-0.1, -0.05) is 12.1 Å². The second-order valence-electron chi connectivity index (χ2n) is 5.29. The van der Waals surface area contributed by atoms with Gasteiger partial charge in [0.1, 0.15) is 11.6 Å². The maximum Gasteiger partial charge on any atom is 0.255 e. The van der Waals surface area contributed by atoms with E-state index in [0.717, 1.165) is 11.0 Å². The summed E-state index contributed by atoms with van der Waals surface area (Å²) in [7, 11) is 4.54. The zero-order valence-corrected chi connectivity index (χ0v) is 14.3. The number of carbonyl (C=O) groups excluding carboxylic acids is 1. The topological polar surface area (TPSA) is 85.5 Å². The van der Waals surface area contributed by atoms with Crippen LogP contribution < -0.4 is 19.5 Å². The molecule has 0 atom stereocenters. The molecule has 0 saturated heterocycles. The average molecular weight is 341 g/mol. The normalized spacial score (nSPS) is 10.5. The van der Waals surface area contributed by atoms with Gasteiger partial charge in [0.05, 0.1) is 44.5 Å². The molecular formula is C18H19N3O4. The van der Waals surface area contributed by atoms with E-state index in [1.165, 1.54) is 21.3 Å². The van der Waals surface area contributed by atoms with Crippen LogP contribution in [-0.2, 0) is 6.54 Å². The Morgan fingerprint density at radius 1 is 1.04 bits per heavy atom. The number of para-hydroxylation sites is 2. The molecule has 3 rings (SSSR count). The molecule has 1 heterocycles. The van der Waals surface area contributed by atoms with Crippen molar-refractivity contribution in [1.82, 2.24) is 15.3 Å². The number of benzene rings is 2. The predicted octanol–water partition coefficient (Wildman–Crippen LogP) is 2.52. The van der Waals surface area contributed by atoms with Crippen molar-refractivity contribution in [2.45, 2.75) is 6.54 Å². The fourth-order valence-corrected chi connectivity index (χ4v) is 2.56. The van der Waals surface area contributed by atoms with Crippen molar-refractivity contribution < 1.29 is 19.0 Å². The smallest absolute Gasteiger partial charge is 0.255 e. The highest BCUT2D eigenvalue weighted by Crippen LogP contribution is 2.34. The number of methoxy groups -OCH3 is 3. The molecule has 0 unspecified atom stereocenters. The van der Waals surface area contributed by atoms with Crippen LogP contribution in [0.1, 0.15) is 16.2 Å². The molecular weight excluding hydrogens is 322 g/mol. The third kappa shape index (κ3) is 3.35. The molecule has 130 valence electrons. The molecule has 0 fully saturated rings. The number of ether oxygens (including phenoxy) is 3. The Kier molecular flexibility index (Phi) is 4.74. The molecule has 0 aliphatic rings. The van der Waals surface area contributed by atoms with Crippen molar-refractivity contribution in [1.29, 1.82) is 0 Å². The highest BCUT2D eigenvalue weighted by Gasteiger charge is 2.18. The summed E-state index contributed by atoms with van der Waals surface area (Å²) >= 11 is 0. The second kappa shape index (κ2) is 7.12. The number of carbonyl (C=O) groups is 1. The van der Waals surface area contributed by atoms with Crippen molar-refractivity contribution in [3.05, 3.63) is 47.8 Å². The predicted molar refractivity (Wildman–Crippen MR) is 93.4 cm³/mol. The van der Waals surface area contributed by atoms with E-state index in [4.69, 9.17) is 14.2 Å². The Morgan fingerprint density at radius 2 is 1.72 bits per heavy atom. The van der Waals surface area contributed by atoms with Crippen LogP contribution in [0.2, 0.25) is 0 Å². The standard InChI is InChI=1S/C18H19N3O4/c1-23-14-9-16(25-3)15(24-2)8-11(14)18(22)19-10-17-20-12-6-4-5-7-13(12)21-17/h4-9H,10H2,1-3H3,(H,19,22)(H,20,21). The van der Waals surface area contributed by atoms with Gasteiger partial charge in [0.2, 0.25) is 0 Å². The van der Waals surface area contributed by atoms with Crippen LogP contribution in [0.25, 0.3) is 11.0 Å². The van der Waals surface area contributed by atoms with Gasteiger partial charge in [0.15, 0.2) is 11.5 Å². The van der Waals surface area contributed by atoms with Gasteiger partial charge in [-0.3, -0.25) is 4.79 Å². The van der Waals surface area contributed by atoms with E-state index in [-0.39, 0.29) is 12.5 Å². The van der Waals surface area contributed by atoms with Gasteiger partial charge in [0, 0.05) is 12.1 Å². The largest absolute Gasteiger partial charge is 0.496 e. The summed E-state index contributed by atoms with van der Waals surface area (Å²) < 4.78 is 15.8. The van der Waals surface area contributed by atoms with Gasteiger partial charge in [-0.05, 0) is 12.1 Å². The minimum Gasteiger partial charge on any atom is -0.496 e. The number of rotatable bonds is 6. The quantitative estimate of drug-likeness (QED) is 0.719. The third-order valence-corrected chi connectivity index (χ3v) is 3.81. The van der Waals surface area contributed by atoms with Crippen LogP contribution in [0.3, 0.4) is 0 Å². The third-order valence-electron chi connectivity index (χ3n) is 3.81. The van der Waals surface area contributed by atoms with E-state index in [0.29, 0.717) is 28.6 Å². The minimum atomic E-state index is -0.293. The van der Waals surface area contributed by atoms with E-state index < -0.39 is 0 Å². The van der Waals surface area contributed by atoms with Gasteiger partial charge < -0.3 is 24.5 Å². The van der Waals surface area contributed by atoms with Crippen LogP contribution in [-0.4, -0.2) is 37.2 Å². The van der Waals surface area contributed by atoms with E-state index in [1.807, 2.05) is 24.3 Å². The molecule has 2 N–H and O–H groups in total. The molecule has 0 spiro atoms. The first kappa shape index (κ1) is 16.6. The first-order valence-corrected chi connectivity index (χ1v) is 7.68. The lowest BCUT2D eigenvalue weighted by atomic mass is 10.1. The highest BCUT2D eigenvalue weighted by atomic mass is 16.5. The Hall–Kier alpha value is -3.22. The second-order valence-corrected chi connectivity index (χ2v) is 5.29. The molecule has 0 radical (unpaired) electrons. The molecule has 1 amide bonds. The Balaban J connectivity index is 1.80. The summed E-state index contributed by atoms with van der Waals surface area (Å²) in [6.45, 7) is 0.269. The van der Waals surface area contributed by atoms with Gasteiger partial charge in [-0.25, -0.2) is 4.98 Å². The van der Waals surface area contributed by atoms with Gasteiger partial charge in [0.25, 0.3) is 5.91 Å². The maximum absolute atomic E-state index is 12.6. The Bertz CT molecular complexity index is 871. The first-order valence-electron chi connectivity index (χ1n) is 7.68. The van der Waals surface area contributed by atoms with Gasteiger partial charge in [-0.2, -0.15) is 0 Å². The molecule has 7 nitrogen and oxygen atoms in total. The molecule has 0 aliphatic heterocycles. The average Bonchev–Trinajstić information content (AvgIpc) is 3.07. The summed E-state index contributed by atoms with van der Waals surface area (Å²) in [4.78, 5) is 20.2. The molecule has 25 heavy (non-hydrogen) atoms. The zero-order chi connectivity index (χ0) is 17.8. The van der Waals surface area contributed by atoms with Crippen LogP contribution in [0, 0.1) is 0 Å². The van der Waals surface area contributed by atoms with Crippen molar-refractivity contribution in [2.75, 3.05) is 21.3 Å². The van der Waals surface area contributed by atoms with Crippen LogP contribution in [0.4, 0.5) is 0 Å². The Morgan fingerprint density at radius 3 is 2.40 bits per heavy atom. The number of hydrogen-bond donors (Lipinski definition) is 2. The van der Waals surface area contributed by atoms with Crippen molar-refractivity contribution in [3.8, 4) is 17.2 Å². The summed E-state index contributed by atoms with van der Waals surface area (Å²) in [5.41, 5.74) is 2.14. The van der Waals surface area contributed by atoms with Crippen molar-refractivity contribution in [3.63, 3.8) is 0 Å². The van der Waals surface area contributed by atoms with Crippen molar-refractivity contribution in [2.24, 2.45) is 0 Å². The lowest BCUT2D eigenvalue weighted by Crippen LogP contribution is -2.24. The number of aromatic amines is 1. The van der Waals surface area contributed by atoms with Crippen molar-refractivity contribution >= 4 is 16.9 Å². The fraction of sp³-hybridized carbons (Fsp3) is 0.222. The maximum atomic E-state index is 12.6. The highest BCUT2D eigenvalue weighted by molar-refractivity contribution is 5.97. The fourth-order valence-electron chi connectivity index (χ4n) is 2.56. The summed E-state index contributed by atoms with van der Waals surface area (Å²) in [5, 5.41) is 2.83. The monoisotopic (exact) mass is 341 g/mol. The van der Waals surface area contributed by atoms with E-state index >= 15 is 0 Å². The van der Waals surface area contributed by atoms with Crippen LogP contribution in [0.5, 0.6) is 17.2 Å². The SMILES string of the molecule is COc1cc(OC)c(C(=O)NCc2nc3ccccc3[nH]2)cc1OC. The minimum absolute atomic E-state index is 0.269. The number of fused-ring (bicyclic) bond motifs is 1. The van der Waals surface area contributed by atoms with Gasteiger partial charge >= 0.3 is 0 Å². The number of amides is 1. The van der Waals surface area contributed by atoms with Crippen LogP contribution >= 0.6 is 0 Å². The van der Waals surface area contributed by atoms with E-state index in [1.54, 1.807) is 12.1 Å². The molecule has 3 aromatic rings. The zero-order valence-electron chi connectivity index (χ0n) is 14.3. The summed E-state index contributed by atoms with van der Waals surface area (Å²) in [5.74, 6) is 1.73. The molecule has 1 aromatic heterocycles. The molecule has 7 heteroatoms. The molecule has 2 aromatic carbocycles. The summed E-state index contributed by atoms with van der Waals surface area (Å²) in [6, 6.07) is 10.9. The summed E-state index contributed by atoms with van der Waals surface area (Å²) in [6.07, 6.45) is 0. The number of hydrogen-bond acceptors (Lipinski definition) is 5. The Labute approximate surface area is 144 Å². The van der Waals surface area contributed by atoms with E-state index in [2.05, 4.69) is 15.3 Å². The first-order chi connectivity index (χ1) is 12.2. The lowest BCUT2D eigenvalue weighted by Gasteiger charge is -2.13. The van der Waals surface area contributed by atoms with Crippen LogP contribution in [0.15, 0.2) is 36.4 Å². The molecule has 0 bridgehead atoms. The number of nitrogens with zero attached hydrogens (tertiary/aromatic N) is 1. The van der Waals surface area contributed by atoms with E-state index in [9.17, 15) is 4.79 Å². The number of aromatic nitrogens is 2. The van der Waals surface area contributed by atoms with Gasteiger partial charge in [-0.15, -0.1) is 0 Å². The number of H-pyrrole nitrogens is 1. The lowest BCUT2D eigenvalue weighted by molar-refractivity contribution is 0.0946. The molecule has 0 saturated carbocycles. The number of imidazole rings is 1. The number of nitrogens with one attached hydrogen (secondary N) is 2.